The number of hydrogen-bond donors (Lipinski definition) is 0. The van der Waals surface area contributed by atoms with Gasteiger partial charge in [-0.15, -0.1) is 0 Å². The van der Waals surface area contributed by atoms with E-state index in [1.807, 2.05) is 6.92 Å². The second-order valence-electron chi connectivity index (χ2n) is 5.65. The Morgan fingerprint density at radius 2 is 1.89 bits per heavy atom. The molecule has 1 aliphatic heterocycles. The van der Waals surface area contributed by atoms with Gasteiger partial charge in [0.05, 0.1) is 10.4 Å². The van der Waals surface area contributed by atoms with E-state index in [4.69, 9.17) is 0 Å². The Labute approximate surface area is 113 Å². The number of carbonyl (C=O) groups is 1. The Hall–Kier alpha value is -1.20. The molecule has 102 valence electrons. The number of rotatable bonds is 2. The third-order valence-corrected chi connectivity index (χ3v) is 6.61. The number of benzene rings is 1. The zero-order valence-electron chi connectivity index (χ0n) is 11.1. The van der Waals surface area contributed by atoms with Crippen molar-refractivity contribution in [3.8, 4) is 0 Å². The zero-order chi connectivity index (χ0) is 13.8. The summed E-state index contributed by atoms with van der Waals surface area (Å²) in [6.45, 7) is 4.13. The first-order valence-electron chi connectivity index (χ1n) is 6.49. The minimum absolute atomic E-state index is 0.0469. The van der Waals surface area contributed by atoms with E-state index in [-0.39, 0.29) is 16.6 Å². The van der Waals surface area contributed by atoms with Crippen LogP contribution in [0, 0.1) is 12.8 Å². The Morgan fingerprint density at radius 3 is 2.47 bits per heavy atom. The first-order valence-corrected chi connectivity index (χ1v) is 7.93. The SMILES string of the molecule is Cc1ccc(S(=O)(=O)N2CC[C@H]3CC(=O)[C@]32C)cc1. The van der Waals surface area contributed by atoms with Gasteiger partial charge in [-0.25, -0.2) is 8.42 Å². The predicted octanol–water partition coefficient (Wildman–Crippen LogP) is 1.74. The van der Waals surface area contributed by atoms with Gasteiger partial charge >= 0.3 is 0 Å². The molecule has 0 unspecified atom stereocenters. The summed E-state index contributed by atoms with van der Waals surface area (Å²) in [5, 5.41) is 0. The van der Waals surface area contributed by atoms with Gasteiger partial charge in [-0.05, 0) is 38.3 Å². The molecule has 3 rings (SSSR count). The zero-order valence-corrected chi connectivity index (χ0v) is 11.9. The molecule has 1 saturated carbocycles. The number of nitrogens with zero attached hydrogens (tertiary/aromatic N) is 1. The lowest BCUT2D eigenvalue weighted by atomic mass is 9.68. The van der Waals surface area contributed by atoms with E-state index in [0.29, 0.717) is 13.0 Å². The molecule has 0 N–H and O–H groups in total. The molecule has 1 heterocycles. The average Bonchev–Trinajstić information content (AvgIpc) is 2.64. The van der Waals surface area contributed by atoms with E-state index >= 15 is 0 Å². The smallest absolute Gasteiger partial charge is 0.243 e. The predicted molar refractivity (Wildman–Crippen MR) is 71.2 cm³/mol. The molecule has 1 saturated heterocycles. The van der Waals surface area contributed by atoms with Gasteiger partial charge in [0.15, 0.2) is 5.78 Å². The molecular weight excluding hydrogens is 262 g/mol. The maximum absolute atomic E-state index is 12.7. The van der Waals surface area contributed by atoms with Crippen molar-refractivity contribution in [3.63, 3.8) is 0 Å². The number of sulfonamides is 1. The summed E-state index contributed by atoms with van der Waals surface area (Å²) in [7, 11) is -3.57. The molecule has 19 heavy (non-hydrogen) atoms. The van der Waals surface area contributed by atoms with Crippen LogP contribution in [0.2, 0.25) is 0 Å². The standard InChI is InChI=1S/C14H17NO3S/c1-10-3-5-12(6-4-10)19(17,18)15-8-7-11-9-13(16)14(11,15)2/h3-6,11H,7-9H2,1-2H3/t11-,14-/m0/s1. The summed E-state index contributed by atoms with van der Waals surface area (Å²) >= 11 is 0. The molecule has 1 aromatic rings. The van der Waals surface area contributed by atoms with Crippen molar-refractivity contribution in [1.82, 2.24) is 4.31 Å². The van der Waals surface area contributed by atoms with Crippen molar-refractivity contribution in [1.29, 1.82) is 0 Å². The van der Waals surface area contributed by atoms with Crippen molar-refractivity contribution in [2.45, 2.75) is 37.1 Å². The Bertz CT molecular complexity index is 635. The fourth-order valence-corrected chi connectivity index (χ4v) is 4.99. The van der Waals surface area contributed by atoms with Gasteiger partial charge in [0, 0.05) is 13.0 Å². The van der Waals surface area contributed by atoms with Crippen LogP contribution >= 0.6 is 0 Å². The van der Waals surface area contributed by atoms with Crippen LogP contribution in [0.15, 0.2) is 29.2 Å². The molecule has 2 fully saturated rings. The lowest BCUT2D eigenvalue weighted by molar-refractivity contribution is -0.138. The van der Waals surface area contributed by atoms with Crippen molar-refractivity contribution in [2.75, 3.05) is 6.54 Å². The van der Waals surface area contributed by atoms with Gasteiger partial charge in [0.25, 0.3) is 0 Å². The minimum Gasteiger partial charge on any atom is -0.298 e. The molecule has 0 bridgehead atoms. The van der Waals surface area contributed by atoms with Crippen molar-refractivity contribution in [2.24, 2.45) is 5.92 Å². The lowest BCUT2D eigenvalue weighted by Gasteiger charge is -2.44. The van der Waals surface area contributed by atoms with Crippen LogP contribution in [0.1, 0.15) is 25.3 Å². The van der Waals surface area contributed by atoms with Gasteiger partial charge in [-0.3, -0.25) is 4.79 Å². The third-order valence-electron chi connectivity index (χ3n) is 4.60. The molecule has 0 radical (unpaired) electrons. The number of fused-ring (bicyclic) bond motifs is 1. The maximum atomic E-state index is 12.7. The second kappa shape index (κ2) is 3.90. The normalized spacial score (nSPS) is 31.1. The monoisotopic (exact) mass is 279 g/mol. The highest BCUT2D eigenvalue weighted by Gasteiger charge is 2.61. The summed E-state index contributed by atoms with van der Waals surface area (Å²) in [4.78, 5) is 12.1. The van der Waals surface area contributed by atoms with Crippen LogP contribution in [-0.2, 0) is 14.8 Å². The molecule has 0 aromatic heterocycles. The summed E-state index contributed by atoms with van der Waals surface area (Å²) < 4.78 is 26.7. The fraction of sp³-hybridized carbons (Fsp3) is 0.500. The van der Waals surface area contributed by atoms with Crippen LogP contribution in [-0.4, -0.2) is 30.6 Å². The summed E-state index contributed by atoms with van der Waals surface area (Å²) in [6, 6.07) is 6.80. The van der Waals surface area contributed by atoms with E-state index in [2.05, 4.69) is 0 Å². The van der Waals surface area contributed by atoms with E-state index in [1.165, 1.54) is 4.31 Å². The number of carbonyl (C=O) groups excluding carboxylic acids is 1. The molecule has 0 amide bonds. The highest BCUT2D eigenvalue weighted by molar-refractivity contribution is 7.89. The van der Waals surface area contributed by atoms with Gasteiger partial charge in [0.1, 0.15) is 0 Å². The van der Waals surface area contributed by atoms with Crippen LogP contribution in [0.25, 0.3) is 0 Å². The van der Waals surface area contributed by atoms with Crippen LogP contribution in [0.3, 0.4) is 0 Å². The van der Waals surface area contributed by atoms with Gasteiger partial charge in [-0.2, -0.15) is 4.31 Å². The number of ketones is 1. The van der Waals surface area contributed by atoms with Crippen molar-refractivity contribution < 1.29 is 13.2 Å². The molecule has 4 nitrogen and oxygen atoms in total. The van der Waals surface area contributed by atoms with Crippen LogP contribution in [0.4, 0.5) is 0 Å². The molecule has 1 aliphatic carbocycles. The van der Waals surface area contributed by atoms with Crippen molar-refractivity contribution >= 4 is 15.8 Å². The minimum atomic E-state index is -3.57. The lowest BCUT2D eigenvalue weighted by Crippen LogP contribution is -2.61. The Morgan fingerprint density at radius 1 is 1.26 bits per heavy atom. The molecule has 0 spiro atoms. The summed E-state index contributed by atoms with van der Waals surface area (Å²) in [6.07, 6.45) is 1.31. The largest absolute Gasteiger partial charge is 0.298 e. The van der Waals surface area contributed by atoms with E-state index in [0.717, 1.165) is 12.0 Å². The van der Waals surface area contributed by atoms with E-state index in [9.17, 15) is 13.2 Å². The van der Waals surface area contributed by atoms with E-state index < -0.39 is 15.6 Å². The van der Waals surface area contributed by atoms with Crippen molar-refractivity contribution in [3.05, 3.63) is 29.8 Å². The average molecular weight is 279 g/mol. The quantitative estimate of drug-likeness (QED) is 0.828. The first kappa shape index (κ1) is 12.8. The number of Topliss-reactive ketones (excluding diaryl/α,β-unsaturated/α-hetero) is 1. The molecule has 1 aromatic carbocycles. The third kappa shape index (κ3) is 1.61. The van der Waals surface area contributed by atoms with Crippen LogP contribution < -0.4 is 0 Å². The highest BCUT2D eigenvalue weighted by atomic mass is 32.2. The van der Waals surface area contributed by atoms with Gasteiger partial charge in [-0.1, -0.05) is 17.7 Å². The topological polar surface area (TPSA) is 54.5 Å². The highest BCUT2D eigenvalue weighted by Crippen LogP contribution is 2.49. The molecule has 5 heteroatoms. The molecule has 2 atom stereocenters. The second-order valence-corrected chi connectivity index (χ2v) is 7.51. The molecular formula is C14H17NO3S. The maximum Gasteiger partial charge on any atom is 0.243 e. The summed E-state index contributed by atoms with van der Waals surface area (Å²) in [5.74, 6) is 0.242. The fourth-order valence-electron chi connectivity index (χ4n) is 3.16. The van der Waals surface area contributed by atoms with Gasteiger partial charge in [0.2, 0.25) is 10.0 Å². The number of aryl methyl sites for hydroxylation is 1. The summed E-state index contributed by atoms with van der Waals surface area (Å²) in [5.41, 5.74) is 0.216. The Kier molecular flexibility index (Phi) is 2.63. The first-order chi connectivity index (χ1) is 8.86. The number of hydrogen-bond acceptors (Lipinski definition) is 3. The van der Waals surface area contributed by atoms with E-state index in [1.54, 1.807) is 31.2 Å². The van der Waals surface area contributed by atoms with Gasteiger partial charge < -0.3 is 0 Å². The van der Waals surface area contributed by atoms with Crippen LogP contribution in [0.5, 0.6) is 0 Å². The molecule has 2 aliphatic rings. The Balaban J connectivity index is 2.02.